The molecule has 3 heterocycles. The van der Waals surface area contributed by atoms with Crippen LogP contribution < -0.4 is 20.8 Å². The molecule has 7 rings (SSSR count). The lowest BCUT2D eigenvalue weighted by Gasteiger charge is -2.41. The fraction of sp³-hybridized carbons (Fsp3) is 0.382. The van der Waals surface area contributed by atoms with E-state index < -0.39 is 34.5 Å². The van der Waals surface area contributed by atoms with Gasteiger partial charge < -0.3 is 25.0 Å². The third kappa shape index (κ3) is 6.02. The molecule has 260 valence electrons. The van der Waals surface area contributed by atoms with Crippen LogP contribution in [0, 0.1) is 11.6 Å². The number of Topliss-reactive ketones (excluding diaryl/α,β-unsaturated/α-hetero) is 1. The zero-order valence-electron chi connectivity index (χ0n) is 27.3. The Hall–Kier alpha value is -5.09. The van der Waals surface area contributed by atoms with Crippen molar-refractivity contribution in [3.63, 3.8) is 0 Å². The molecule has 0 spiro atoms. The first kappa shape index (κ1) is 33.4. The molecule has 2 aromatic heterocycles. The molecule has 3 N–H and O–H groups in total. The highest BCUT2D eigenvalue weighted by molar-refractivity contribution is 7.80. The van der Waals surface area contributed by atoms with Crippen molar-refractivity contribution in [3.8, 4) is 5.75 Å². The molecule has 1 saturated carbocycles. The van der Waals surface area contributed by atoms with E-state index in [0.29, 0.717) is 55.8 Å². The fourth-order valence-corrected chi connectivity index (χ4v) is 7.23. The highest BCUT2D eigenvalue weighted by Crippen LogP contribution is 2.44. The topological polar surface area (TPSA) is 161 Å². The minimum atomic E-state index is -1.36. The van der Waals surface area contributed by atoms with Crippen LogP contribution in [-0.2, 0) is 17.9 Å². The number of nitrogens with two attached hydrogens (primary N) is 1. The first-order valence-electron chi connectivity index (χ1n) is 16.2. The Bertz CT molecular complexity index is 2160. The molecule has 2 atom stereocenters. The number of ketones is 1. The minimum Gasteiger partial charge on any atom is -0.492 e. The van der Waals surface area contributed by atoms with Crippen molar-refractivity contribution in [2.24, 2.45) is 10.7 Å². The van der Waals surface area contributed by atoms with Gasteiger partial charge in [-0.25, -0.2) is 18.6 Å². The van der Waals surface area contributed by atoms with Crippen molar-refractivity contribution < 1.29 is 28.2 Å². The van der Waals surface area contributed by atoms with Gasteiger partial charge in [0.1, 0.15) is 22.8 Å². The Morgan fingerprint density at radius 2 is 1.96 bits per heavy atom. The van der Waals surface area contributed by atoms with E-state index in [0.717, 1.165) is 24.6 Å². The summed E-state index contributed by atoms with van der Waals surface area (Å²) in [6, 6.07) is 5.27. The number of hydrogen-bond donors (Lipinski definition) is 2. The molecule has 2 fully saturated rings. The van der Waals surface area contributed by atoms with Crippen molar-refractivity contribution >= 4 is 51.4 Å². The van der Waals surface area contributed by atoms with Gasteiger partial charge in [0, 0.05) is 62.8 Å². The van der Waals surface area contributed by atoms with Crippen LogP contribution in [0.2, 0.25) is 0 Å². The summed E-state index contributed by atoms with van der Waals surface area (Å²) in [5.74, 6) is -3.11. The van der Waals surface area contributed by atoms with E-state index in [-0.39, 0.29) is 45.5 Å². The van der Waals surface area contributed by atoms with Gasteiger partial charge in [-0.15, -0.1) is 5.10 Å². The molecule has 1 saturated heterocycles. The van der Waals surface area contributed by atoms with Crippen molar-refractivity contribution in [3.05, 3.63) is 80.9 Å². The van der Waals surface area contributed by atoms with Crippen molar-refractivity contribution in [2.45, 2.75) is 57.3 Å². The predicted octanol–water partition coefficient (Wildman–Crippen LogP) is 3.41. The minimum absolute atomic E-state index is 0.00736. The van der Waals surface area contributed by atoms with Gasteiger partial charge in [0.2, 0.25) is 5.43 Å². The number of thiocarbonyl (C=S) groups is 1. The van der Waals surface area contributed by atoms with Crippen LogP contribution in [0.5, 0.6) is 5.75 Å². The van der Waals surface area contributed by atoms with E-state index in [4.69, 9.17) is 22.7 Å². The summed E-state index contributed by atoms with van der Waals surface area (Å²) < 4.78 is 39.0. The van der Waals surface area contributed by atoms with Crippen molar-refractivity contribution in [2.75, 3.05) is 31.6 Å². The predicted molar refractivity (Wildman–Crippen MR) is 184 cm³/mol. The second-order valence-corrected chi connectivity index (χ2v) is 13.3. The number of halogens is 2. The van der Waals surface area contributed by atoms with Crippen LogP contribution in [0.4, 0.5) is 14.5 Å². The Balaban J connectivity index is 1.05. The maximum absolute atomic E-state index is 15.9. The lowest BCUT2D eigenvalue weighted by atomic mass is 9.97. The number of carbonyl (C=O) groups excluding carboxylic acids is 1. The number of rotatable bonds is 9. The number of aryl methyl sites for hydroxylation is 1. The Labute approximate surface area is 289 Å². The summed E-state index contributed by atoms with van der Waals surface area (Å²) >= 11 is 4.87. The number of benzene rings is 2. The smallest absolute Gasteiger partial charge is 0.341 e. The largest absolute Gasteiger partial charge is 0.492 e. The van der Waals surface area contributed by atoms with E-state index >= 15 is 4.39 Å². The molecule has 50 heavy (non-hydrogen) atoms. The lowest BCUT2D eigenvalue weighted by Crippen LogP contribution is -2.51. The van der Waals surface area contributed by atoms with E-state index in [1.165, 1.54) is 25.4 Å². The molecular weight excluding hydrogens is 670 g/mol. The number of aliphatic imine (C=N–C) groups is 1. The highest BCUT2D eigenvalue weighted by Gasteiger charge is 2.37. The Morgan fingerprint density at radius 3 is 2.64 bits per heavy atom. The van der Waals surface area contributed by atoms with Crippen LogP contribution in [0.15, 0.2) is 46.4 Å². The van der Waals surface area contributed by atoms with Gasteiger partial charge in [-0.1, -0.05) is 11.3 Å². The summed E-state index contributed by atoms with van der Waals surface area (Å²) in [7, 11) is 1.43. The second kappa shape index (κ2) is 13.0. The summed E-state index contributed by atoms with van der Waals surface area (Å²) in [6.45, 7) is 4.37. The quantitative estimate of drug-likeness (QED) is 0.246. The third-order valence-corrected chi connectivity index (χ3v) is 9.76. The molecule has 4 aromatic rings. The number of carboxylic acids is 1. The van der Waals surface area contributed by atoms with E-state index in [2.05, 4.69) is 20.2 Å². The number of aromatic carboxylic acids is 1. The monoisotopic (exact) mass is 704 g/mol. The standard InChI is InChI=1S/C34H34F2N8O5S/c1-17-13-42(29-26(36)12-24-28(32(29)49-2)44(20-4-5-20)16-25(30(24)45)33(47)48)10-9-41(17)14-19-15-43(40-39-19)8-7-22-21-6-3-18(35)11-23(21)27(31(22)46)38-34(37)50/h3,6,11-12,15-17,20,22H,4-5,7-10,13-14H2,1-2H3,(H2,37,50)(H,47,48)/b38-27-. The Morgan fingerprint density at radius 1 is 1.18 bits per heavy atom. The number of piperazine rings is 1. The van der Waals surface area contributed by atoms with Crippen LogP contribution in [0.1, 0.15) is 65.3 Å². The summed E-state index contributed by atoms with van der Waals surface area (Å²) in [6.07, 6.45) is 5.19. The zero-order valence-corrected chi connectivity index (χ0v) is 28.1. The number of fused-ring (bicyclic) bond motifs is 2. The average molecular weight is 705 g/mol. The Kier molecular flexibility index (Phi) is 8.68. The number of methoxy groups -OCH3 is 1. The molecule has 13 nitrogen and oxygen atoms in total. The van der Waals surface area contributed by atoms with Gasteiger partial charge in [-0.05, 0) is 62.2 Å². The molecule has 2 unspecified atom stereocenters. The molecule has 0 amide bonds. The van der Waals surface area contributed by atoms with Gasteiger partial charge in [-0.2, -0.15) is 0 Å². The number of pyridine rings is 1. The molecular formula is C34H34F2N8O5S. The first-order valence-corrected chi connectivity index (χ1v) is 16.6. The van der Waals surface area contributed by atoms with Crippen LogP contribution in [0.3, 0.4) is 0 Å². The van der Waals surface area contributed by atoms with Crippen molar-refractivity contribution in [1.29, 1.82) is 0 Å². The first-order chi connectivity index (χ1) is 23.9. The van der Waals surface area contributed by atoms with Gasteiger partial charge in [0.05, 0.1) is 29.6 Å². The molecule has 2 aliphatic carbocycles. The highest BCUT2D eigenvalue weighted by atomic mass is 32.1. The number of anilines is 1. The van der Waals surface area contributed by atoms with Gasteiger partial charge >= 0.3 is 5.97 Å². The fourth-order valence-electron chi connectivity index (χ4n) is 7.14. The van der Waals surface area contributed by atoms with E-state index in [9.17, 15) is 23.9 Å². The number of nitrogens with zero attached hydrogens (tertiary/aromatic N) is 7. The van der Waals surface area contributed by atoms with Crippen molar-refractivity contribution in [1.82, 2.24) is 24.5 Å². The molecule has 2 aromatic carbocycles. The maximum Gasteiger partial charge on any atom is 0.341 e. The number of carbonyl (C=O) groups is 2. The van der Waals surface area contributed by atoms with Gasteiger partial charge in [-0.3, -0.25) is 19.2 Å². The SMILES string of the molecule is COc1c(N2CCN(Cc3cn(CCC4C(=O)/C(=N\C(N)=S)c5cc(F)ccc54)nn3)C(C)C2)c(F)cc2c(=O)c(C(=O)O)cn(C3CC3)c12. The average Bonchev–Trinajstić information content (AvgIpc) is 3.77. The van der Waals surface area contributed by atoms with Gasteiger partial charge in [0.25, 0.3) is 0 Å². The zero-order chi connectivity index (χ0) is 35.4. The van der Waals surface area contributed by atoms with Crippen LogP contribution in [-0.4, -0.2) is 84.9 Å². The maximum atomic E-state index is 15.9. The number of aromatic nitrogens is 4. The molecule has 3 aliphatic rings. The number of carboxylic acid groups (broad SMARTS) is 1. The molecule has 0 radical (unpaired) electrons. The lowest BCUT2D eigenvalue weighted by molar-refractivity contribution is -0.114. The van der Waals surface area contributed by atoms with Gasteiger partial charge in [0.15, 0.2) is 22.5 Å². The van der Waals surface area contributed by atoms with Crippen LogP contribution >= 0.6 is 12.2 Å². The molecule has 16 heteroatoms. The van der Waals surface area contributed by atoms with Crippen LogP contribution in [0.25, 0.3) is 10.9 Å². The molecule has 1 aliphatic heterocycles. The summed E-state index contributed by atoms with van der Waals surface area (Å²) in [4.78, 5) is 46.2. The summed E-state index contributed by atoms with van der Waals surface area (Å²) in [5, 5.41) is 18.0. The molecule has 0 bridgehead atoms. The van der Waals surface area contributed by atoms with E-state index in [1.54, 1.807) is 15.3 Å². The number of ether oxygens (including phenoxy) is 1. The normalized spacial score (nSPS) is 20.1. The summed E-state index contributed by atoms with van der Waals surface area (Å²) in [5.41, 5.74) is 6.90. The third-order valence-electron chi connectivity index (χ3n) is 9.67. The second-order valence-electron chi connectivity index (χ2n) is 12.9. The number of hydrogen-bond acceptors (Lipinski definition) is 9. The van der Waals surface area contributed by atoms with E-state index in [1.807, 2.05) is 18.0 Å².